The SMILES string of the molecule is CC(C)(C)c1noc(-c2ncn[nH]2)n1. The van der Waals surface area contributed by atoms with Gasteiger partial charge < -0.3 is 4.52 Å². The Hall–Kier alpha value is -1.72. The van der Waals surface area contributed by atoms with Crippen LogP contribution in [-0.2, 0) is 5.41 Å². The molecule has 6 heteroatoms. The van der Waals surface area contributed by atoms with Gasteiger partial charge in [0.05, 0.1) is 0 Å². The minimum absolute atomic E-state index is 0.123. The fraction of sp³-hybridized carbons (Fsp3) is 0.500. The number of hydrogen-bond acceptors (Lipinski definition) is 5. The molecule has 0 aliphatic rings. The Morgan fingerprint density at radius 1 is 1.36 bits per heavy atom. The highest BCUT2D eigenvalue weighted by molar-refractivity contribution is 5.37. The molecule has 74 valence electrons. The largest absolute Gasteiger partial charge is 0.330 e. The predicted molar refractivity (Wildman–Crippen MR) is 48.4 cm³/mol. The van der Waals surface area contributed by atoms with Crippen molar-refractivity contribution in [1.29, 1.82) is 0 Å². The van der Waals surface area contributed by atoms with Crippen molar-refractivity contribution in [3.05, 3.63) is 12.2 Å². The van der Waals surface area contributed by atoms with Gasteiger partial charge in [0, 0.05) is 5.41 Å². The zero-order valence-electron chi connectivity index (χ0n) is 8.27. The van der Waals surface area contributed by atoms with Gasteiger partial charge in [0.2, 0.25) is 5.82 Å². The summed E-state index contributed by atoms with van der Waals surface area (Å²) in [7, 11) is 0. The first kappa shape index (κ1) is 8.86. The molecule has 0 atom stereocenters. The van der Waals surface area contributed by atoms with Gasteiger partial charge >= 0.3 is 0 Å². The molecule has 0 fully saturated rings. The van der Waals surface area contributed by atoms with Crippen LogP contribution in [0.1, 0.15) is 26.6 Å². The summed E-state index contributed by atoms with van der Waals surface area (Å²) in [5.74, 6) is 1.52. The Bertz CT molecular complexity index is 411. The van der Waals surface area contributed by atoms with Crippen LogP contribution in [0.5, 0.6) is 0 Å². The van der Waals surface area contributed by atoms with Crippen molar-refractivity contribution in [2.45, 2.75) is 26.2 Å². The van der Waals surface area contributed by atoms with Gasteiger partial charge in [-0.1, -0.05) is 25.9 Å². The molecule has 0 aliphatic heterocycles. The maximum Gasteiger partial charge on any atom is 0.295 e. The van der Waals surface area contributed by atoms with Crippen molar-refractivity contribution in [1.82, 2.24) is 25.3 Å². The maximum absolute atomic E-state index is 5.04. The summed E-state index contributed by atoms with van der Waals surface area (Å²) in [6.45, 7) is 6.05. The van der Waals surface area contributed by atoms with Crippen molar-refractivity contribution in [3.8, 4) is 11.7 Å². The van der Waals surface area contributed by atoms with Gasteiger partial charge in [0.25, 0.3) is 5.89 Å². The lowest BCUT2D eigenvalue weighted by atomic mass is 9.96. The van der Waals surface area contributed by atoms with E-state index in [1.54, 1.807) is 0 Å². The van der Waals surface area contributed by atoms with E-state index in [1.807, 2.05) is 20.8 Å². The highest BCUT2D eigenvalue weighted by Gasteiger charge is 2.22. The van der Waals surface area contributed by atoms with Gasteiger partial charge in [0.15, 0.2) is 5.82 Å². The lowest BCUT2D eigenvalue weighted by molar-refractivity contribution is 0.400. The van der Waals surface area contributed by atoms with E-state index < -0.39 is 0 Å². The maximum atomic E-state index is 5.04. The second-order valence-corrected chi connectivity index (χ2v) is 4.01. The quantitative estimate of drug-likeness (QED) is 0.734. The first-order valence-electron chi connectivity index (χ1n) is 4.27. The molecule has 2 rings (SSSR count). The first-order valence-corrected chi connectivity index (χ1v) is 4.27. The van der Waals surface area contributed by atoms with Crippen LogP contribution in [0.4, 0.5) is 0 Å². The molecule has 0 bridgehead atoms. The van der Waals surface area contributed by atoms with Gasteiger partial charge in [0.1, 0.15) is 6.33 Å². The number of aromatic nitrogens is 5. The Morgan fingerprint density at radius 3 is 2.64 bits per heavy atom. The van der Waals surface area contributed by atoms with Crippen LogP contribution in [0, 0.1) is 0 Å². The third kappa shape index (κ3) is 1.50. The zero-order chi connectivity index (χ0) is 10.2. The van der Waals surface area contributed by atoms with Crippen molar-refractivity contribution in [2.75, 3.05) is 0 Å². The average molecular weight is 193 g/mol. The molecule has 14 heavy (non-hydrogen) atoms. The molecule has 0 aliphatic carbocycles. The molecule has 2 aromatic heterocycles. The highest BCUT2D eigenvalue weighted by Crippen LogP contribution is 2.21. The van der Waals surface area contributed by atoms with E-state index in [-0.39, 0.29) is 5.41 Å². The average Bonchev–Trinajstić information content (AvgIpc) is 2.73. The van der Waals surface area contributed by atoms with Gasteiger partial charge in [-0.15, -0.1) is 0 Å². The normalized spacial score (nSPS) is 11.9. The molecule has 0 aromatic carbocycles. The molecule has 1 N–H and O–H groups in total. The smallest absolute Gasteiger partial charge is 0.295 e. The molecule has 2 heterocycles. The fourth-order valence-electron chi connectivity index (χ4n) is 0.933. The third-order valence-corrected chi connectivity index (χ3v) is 1.71. The number of nitrogens with one attached hydrogen (secondary N) is 1. The predicted octanol–water partition coefficient (Wildman–Crippen LogP) is 1.15. The first-order chi connectivity index (χ1) is 6.57. The lowest BCUT2D eigenvalue weighted by Gasteiger charge is -2.10. The Kier molecular flexibility index (Phi) is 1.83. The molecular weight excluding hydrogens is 182 g/mol. The summed E-state index contributed by atoms with van der Waals surface area (Å²) in [5, 5.41) is 10.2. The molecule has 0 spiro atoms. The van der Waals surface area contributed by atoms with E-state index in [4.69, 9.17) is 4.52 Å². The van der Waals surface area contributed by atoms with E-state index in [9.17, 15) is 0 Å². The molecule has 0 radical (unpaired) electrons. The number of hydrogen-bond donors (Lipinski definition) is 1. The van der Waals surface area contributed by atoms with E-state index in [0.717, 1.165) is 0 Å². The lowest BCUT2D eigenvalue weighted by Crippen LogP contribution is -2.13. The summed E-state index contributed by atoms with van der Waals surface area (Å²) >= 11 is 0. The summed E-state index contributed by atoms with van der Waals surface area (Å²) in [5.41, 5.74) is -0.123. The summed E-state index contributed by atoms with van der Waals surface area (Å²) in [6.07, 6.45) is 1.40. The Balaban J connectivity index is 2.36. The third-order valence-electron chi connectivity index (χ3n) is 1.71. The van der Waals surface area contributed by atoms with Gasteiger partial charge in [-0.3, -0.25) is 5.10 Å². The monoisotopic (exact) mass is 193 g/mol. The van der Waals surface area contributed by atoms with Crippen molar-refractivity contribution < 1.29 is 4.52 Å². The van der Waals surface area contributed by atoms with Crippen molar-refractivity contribution in [2.24, 2.45) is 0 Å². The van der Waals surface area contributed by atoms with E-state index in [1.165, 1.54) is 6.33 Å². The van der Waals surface area contributed by atoms with E-state index >= 15 is 0 Å². The van der Waals surface area contributed by atoms with Crippen molar-refractivity contribution >= 4 is 0 Å². The zero-order valence-corrected chi connectivity index (χ0v) is 8.27. The van der Waals surface area contributed by atoms with Crippen LogP contribution in [-0.4, -0.2) is 25.3 Å². The van der Waals surface area contributed by atoms with Crippen molar-refractivity contribution in [3.63, 3.8) is 0 Å². The summed E-state index contributed by atoms with van der Waals surface area (Å²) in [4.78, 5) is 8.13. The molecule has 0 saturated carbocycles. The standard InChI is InChI=1S/C8H11N5O/c1-8(2,3)7-11-6(14-13-7)5-9-4-10-12-5/h4H,1-3H3,(H,9,10,12). The molecule has 0 amide bonds. The van der Waals surface area contributed by atoms with Crippen LogP contribution < -0.4 is 0 Å². The Labute approximate surface area is 80.8 Å². The molecule has 0 unspecified atom stereocenters. The second kappa shape index (κ2) is 2.90. The minimum Gasteiger partial charge on any atom is -0.330 e. The summed E-state index contributed by atoms with van der Waals surface area (Å²) < 4.78 is 5.04. The van der Waals surface area contributed by atoms with Crippen LogP contribution in [0.2, 0.25) is 0 Å². The summed E-state index contributed by atoms with van der Waals surface area (Å²) in [6, 6.07) is 0. The Morgan fingerprint density at radius 2 is 2.14 bits per heavy atom. The van der Waals surface area contributed by atoms with Gasteiger partial charge in [-0.2, -0.15) is 10.1 Å². The van der Waals surface area contributed by atoms with Crippen LogP contribution >= 0.6 is 0 Å². The van der Waals surface area contributed by atoms with Gasteiger partial charge in [-0.05, 0) is 0 Å². The van der Waals surface area contributed by atoms with E-state index in [0.29, 0.717) is 17.5 Å². The minimum atomic E-state index is -0.123. The molecule has 6 nitrogen and oxygen atoms in total. The molecular formula is C8H11N5O. The highest BCUT2D eigenvalue weighted by atomic mass is 16.5. The fourth-order valence-corrected chi connectivity index (χ4v) is 0.933. The molecule has 2 aromatic rings. The van der Waals surface area contributed by atoms with Crippen LogP contribution in [0.15, 0.2) is 10.9 Å². The van der Waals surface area contributed by atoms with Gasteiger partial charge in [-0.25, -0.2) is 4.98 Å². The van der Waals surface area contributed by atoms with Crippen LogP contribution in [0.3, 0.4) is 0 Å². The number of rotatable bonds is 1. The van der Waals surface area contributed by atoms with Crippen LogP contribution in [0.25, 0.3) is 11.7 Å². The topological polar surface area (TPSA) is 80.5 Å². The number of aromatic amines is 1. The second-order valence-electron chi connectivity index (χ2n) is 4.01. The number of nitrogens with zero attached hydrogens (tertiary/aromatic N) is 4. The number of H-pyrrole nitrogens is 1. The van der Waals surface area contributed by atoms with E-state index in [2.05, 4.69) is 25.3 Å². The molecule has 0 saturated heterocycles.